The van der Waals surface area contributed by atoms with Crippen molar-refractivity contribution in [3.8, 4) is 0 Å². The molecule has 114 valence electrons. The van der Waals surface area contributed by atoms with Crippen molar-refractivity contribution in [2.75, 3.05) is 5.75 Å². The number of aryl methyl sites for hydroxylation is 2. The van der Waals surface area contributed by atoms with Crippen molar-refractivity contribution in [2.45, 2.75) is 44.9 Å². The molecule has 0 unspecified atom stereocenters. The molecule has 2 heterocycles. The molecular weight excluding hydrogens is 288 g/mol. The van der Waals surface area contributed by atoms with Crippen LogP contribution >= 0.6 is 11.8 Å². The second kappa shape index (κ2) is 6.80. The molecule has 0 aliphatic rings. The SMILES string of the molecule is Cc1cnn(CCn2c(C(C)C)cnc2SCC(=O)O)c1. The van der Waals surface area contributed by atoms with E-state index in [4.69, 9.17) is 5.11 Å². The number of aromatic nitrogens is 4. The third-order valence-electron chi connectivity index (χ3n) is 3.08. The van der Waals surface area contributed by atoms with Crippen molar-refractivity contribution >= 4 is 17.7 Å². The summed E-state index contributed by atoms with van der Waals surface area (Å²) in [5.41, 5.74) is 2.25. The summed E-state index contributed by atoms with van der Waals surface area (Å²) in [6, 6.07) is 0. The Labute approximate surface area is 128 Å². The van der Waals surface area contributed by atoms with Crippen LogP contribution in [0.2, 0.25) is 0 Å². The van der Waals surface area contributed by atoms with Crippen molar-refractivity contribution in [2.24, 2.45) is 0 Å². The number of carboxylic acid groups (broad SMARTS) is 1. The first-order valence-electron chi connectivity index (χ1n) is 6.86. The standard InChI is InChI=1S/C14H20N4O2S/c1-10(2)12-7-15-14(21-9-13(19)20)18(12)5-4-17-8-11(3)6-16-17/h6-8,10H,4-5,9H2,1-3H3,(H,19,20). The second-order valence-corrected chi connectivity index (χ2v) is 6.18. The Morgan fingerprint density at radius 1 is 1.38 bits per heavy atom. The summed E-state index contributed by atoms with van der Waals surface area (Å²) in [7, 11) is 0. The number of carbonyl (C=O) groups is 1. The second-order valence-electron chi connectivity index (χ2n) is 5.24. The maximum atomic E-state index is 10.7. The van der Waals surface area contributed by atoms with Crippen molar-refractivity contribution < 1.29 is 9.90 Å². The van der Waals surface area contributed by atoms with Crippen molar-refractivity contribution in [1.82, 2.24) is 19.3 Å². The van der Waals surface area contributed by atoms with Crippen LogP contribution in [-0.4, -0.2) is 36.2 Å². The van der Waals surface area contributed by atoms with Gasteiger partial charge in [-0.2, -0.15) is 5.10 Å². The molecule has 0 saturated heterocycles. The first kappa shape index (κ1) is 15.6. The molecule has 0 atom stereocenters. The Bertz CT molecular complexity index is 618. The van der Waals surface area contributed by atoms with Gasteiger partial charge < -0.3 is 9.67 Å². The highest BCUT2D eigenvalue weighted by atomic mass is 32.2. The van der Waals surface area contributed by atoms with Gasteiger partial charge in [0.25, 0.3) is 0 Å². The highest BCUT2D eigenvalue weighted by Gasteiger charge is 2.14. The number of imidazole rings is 1. The van der Waals surface area contributed by atoms with Gasteiger partial charge in [-0.1, -0.05) is 25.6 Å². The van der Waals surface area contributed by atoms with Gasteiger partial charge in [-0.25, -0.2) is 4.98 Å². The molecule has 0 radical (unpaired) electrons. The van der Waals surface area contributed by atoms with Crippen LogP contribution in [0.3, 0.4) is 0 Å². The number of aliphatic carboxylic acids is 1. The minimum absolute atomic E-state index is 0.0232. The molecule has 2 rings (SSSR count). The molecule has 2 aromatic heterocycles. The van der Waals surface area contributed by atoms with Gasteiger partial charge in [0, 0.05) is 24.6 Å². The lowest BCUT2D eigenvalue weighted by Crippen LogP contribution is -2.12. The molecule has 0 spiro atoms. The number of hydrogen-bond acceptors (Lipinski definition) is 4. The van der Waals surface area contributed by atoms with Gasteiger partial charge in [0.1, 0.15) is 0 Å². The van der Waals surface area contributed by atoms with E-state index in [1.165, 1.54) is 11.8 Å². The monoisotopic (exact) mass is 308 g/mol. The van der Waals surface area contributed by atoms with Gasteiger partial charge in [0.15, 0.2) is 5.16 Å². The van der Waals surface area contributed by atoms with Gasteiger partial charge >= 0.3 is 5.97 Å². The topological polar surface area (TPSA) is 72.9 Å². The van der Waals surface area contributed by atoms with Crippen LogP contribution < -0.4 is 0 Å². The molecule has 1 N–H and O–H groups in total. The van der Waals surface area contributed by atoms with E-state index in [1.807, 2.05) is 30.2 Å². The lowest BCUT2D eigenvalue weighted by molar-refractivity contribution is -0.133. The minimum Gasteiger partial charge on any atom is -0.481 e. The number of carboxylic acids is 1. The van der Waals surface area contributed by atoms with Gasteiger partial charge in [-0.15, -0.1) is 0 Å². The average molecular weight is 308 g/mol. The fourth-order valence-corrected chi connectivity index (χ4v) is 2.82. The van der Waals surface area contributed by atoms with E-state index in [2.05, 4.69) is 28.5 Å². The van der Waals surface area contributed by atoms with Crippen molar-refractivity contribution in [1.29, 1.82) is 0 Å². The molecule has 0 bridgehead atoms. The molecule has 21 heavy (non-hydrogen) atoms. The zero-order valence-corrected chi connectivity index (χ0v) is 13.3. The van der Waals surface area contributed by atoms with Crippen molar-refractivity contribution in [3.05, 3.63) is 29.8 Å². The molecule has 0 amide bonds. The van der Waals surface area contributed by atoms with Crippen LogP contribution in [0.15, 0.2) is 23.7 Å². The number of rotatable bonds is 7. The molecule has 6 nitrogen and oxygen atoms in total. The van der Waals surface area contributed by atoms with E-state index < -0.39 is 5.97 Å². The van der Waals surface area contributed by atoms with Gasteiger partial charge in [0.2, 0.25) is 0 Å². The summed E-state index contributed by atoms with van der Waals surface area (Å²) in [6.07, 6.45) is 5.66. The summed E-state index contributed by atoms with van der Waals surface area (Å²) in [5.74, 6) is -0.463. The van der Waals surface area contributed by atoms with Crippen LogP contribution in [0.25, 0.3) is 0 Å². The van der Waals surface area contributed by atoms with E-state index >= 15 is 0 Å². The van der Waals surface area contributed by atoms with Crippen LogP contribution in [0, 0.1) is 6.92 Å². The molecule has 0 fully saturated rings. The lowest BCUT2D eigenvalue weighted by Gasteiger charge is -2.13. The summed E-state index contributed by atoms with van der Waals surface area (Å²) in [4.78, 5) is 15.1. The average Bonchev–Trinajstić information content (AvgIpc) is 2.99. The van der Waals surface area contributed by atoms with Crippen LogP contribution in [0.4, 0.5) is 0 Å². The summed E-state index contributed by atoms with van der Waals surface area (Å²) in [5, 5.41) is 13.9. The minimum atomic E-state index is -0.830. The zero-order valence-electron chi connectivity index (χ0n) is 12.5. The summed E-state index contributed by atoms with van der Waals surface area (Å²) in [6.45, 7) is 7.70. The highest BCUT2D eigenvalue weighted by Crippen LogP contribution is 2.23. The third kappa shape index (κ3) is 4.10. The summed E-state index contributed by atoms with van der Waals surface area (Å²) < 4.78 is 3.99. The van der Waals surface area contributed by atoms with Gasteiger partial charge in [0.05, 0.1) is 18.5 Å². The maximum absolute atomic E-state index is 10.7. The predicted molar refractivity (Wildman–Crippen MR) is 81.6 cm³/mol. The van der Waals surface area contributed by atoms with Gasteiger partial charge in [-0.3, -0.25) is 9.48 Å². The fraction of sp³-hybridized carbons (Fsp3) is 0.500. The Hall–Kier alpha value is -1.76. The number of hydrogen-bond donors (Lipinski definition) is 1. The number of thioether (sulfide) groups is 1. The third-order valence-corrected chi connectivity index (χ3v) is 4.06. The first-order chi connectivity index (χ1) is 9.97. The van der Waals surface area contributed by atoms with Gasteiger partial charge in [-0.05, 0) is 18.4 Å². The van der Waals surface area contributed by atoms with Crippen LogP contribution in [-0.2, 0) is 17.9 Å². The van der Waals surface area contributed by atoms with E-state index in [-0.39, 0.29) is 5.75 Å². The Balaban J connectivity index is 2.13. The largest absolute Gasteiger partial charge is 0.481 e. The lowest BCUT2D eigenvalue weighted by atomic mass is 10.1. The maximum Gasteiger partial charge on any atom is 0.313 e. The molecular formula is C14H20N4O2S. The molecule has 2 aromatic rings. The van der Waals surface area contributed by atoms with Crippen LogP contribution in [0.1, 0.15) is 31.0 Å². The normalized spacial score (nSPS) is 11.2. The number of nitrogens with zero attached hydrogens (tertiary/aromatic N) is 4. The molecule has 0 aromatic carbocycles. The first-order valence-corrected chi connectivity index (χ1v) is 7.85. The Kier molecular flexibility index (Phi) is 5.06. The summed E-state index contributed by atoms with van der Waals surface area (Å²) >= 11 is 1.26. The molecule has 7 heteroatoms. The highest BCUT2D eigenvalue weighted by molar-refractivity contribution is 7.99. The smallest absolute Gasteiger partial charge is 0.313 e. The van der Waals surface area contributed by atoms with E-state index in [9.17, 15) is 4.79 Å². The van der Waals surface area contributed by atoms with E-state index in [0.29, 0.717) is 5.92 Å². The predicted octanol–water partition coefficient (Wildman–Crippen LogP) is 2.39. The molecule has 0 saturated carbocycles. The molecule has 0 aliphatic carbocycles. The zero-order chi connectivity index (χ0) is 15.4. The molecule has 0 aliphatic heterocycles. The Morgan fingerprint density at radius 2 is 2.14 bits per heavy atom. The van der Waals surface area contributed by atoms with E-state index in [0.717, 1.165) is 29.5 Å². The quantitative estimate of drug-likeness (QED) is 0.795. The van der Waals surface area contributed by atoms with Crippen LogP contribution in [0.5, 0.6) is 0 Å². The van der Waals surface area contributed by atoms with E-state index in [1.54, 1.807) is 0 Å². The fourth-order valence-electron chi connectivity index (χ4n) is 2.09. The van der Waals surface area contributed by atoms with Crippen molar-refractivity contribution in [3.63, 3.8) is 0 Å². The Morgan fingerprint density at radius 3 is 2.71 bits per heavy atom.